The Hall–Kier alpha value is -0.860. The highest BCUT2D eigenvalue weighted by Gasteiger charge is 2.34. The van der Waals surface area contributed by atoms with E-state index in [1.54, 1.807) is 0 Å². The van der Waals surface area contributed by atoms with Crippen LogP contribution in [0.2, 0.25) is 0 Å². The summed E-state index contributed by atoms with van der Waals surface area (Å²) in [6, 6.07) is 0. The van der Waals surface area contributed by atoms with Crippen molar-refractivity contribution in [1.29, 1.82) is 0 Å². The van der Waals surface area contributed by atoms with Gasteiger partial charge in [0.15, 0.2) is 0 Å². The maximum Gasteiger partial charge on any atom is 0.232 e. The van der Waals surface area contributed by atoms with Crippen LogP contribution < -0.4 is 0 Å². The summed E-state index contributed by atoms with van der Waals surface area (Å²) in [4.78, 5) is 23.9. The van der Waals surface area contributed by atoms with Crippen LogP contribution in [0, 0.1) is 5.92 Å². The number of rotatable bonds is 3. The lowest BCUT2D eigenvalue weighted by Crippen LogP contribution is -2.31. The van der Waals surface area contributed by atoms with Crippen LogP contribution in [0.1, 0.15) is 33.1 Å². The quantitative estimate of drug-likeness (QED) is 0.595. The minimum Gasteiger partial charge on any atom is -0.282 e. The highest BCUT2D eigenvalue weighted by atomic mass is 16.2. The Morgan fingerprint density at radius 2 is 2.17 bits per heavy atom. The molecule has 1 rings (SSSR count). The molecule has 0 aromatic carbocycles. The average molecular weight is 169 g/mol. The van der Waals surface area contributed by atoms with E-state index < -0.39 is 0 Å². The molecule has 1 heterocycles. The smallest absolute Gasteiger partial charge is 0.232 e. The molecule has 0 aromatic rings. The van der Waals surface area contributed by atoms with Crippen molar-refractivity contribution >= 4 is 11.8 Å². The number of hydrogen-bond acceptors (Lipinski definition) is 2. The first-order valence-electron chi connectivity index (χ1n) is 4.51. The Labute approximate surface area is 72.7 Å². The van der Waals surface area contributed by atoms with E-state index in [1.807, 2.05) is 6.92 Å². The van der Waals surface area contributed by atoms with Crippen LogP contribution in [-0.4, -0.2) is 23.3 Å². The van der Waals surface area contributed by atoms with Gasteiger partial charge in [0.1, 0.15) is 0 Å². The molecule has 12 heavy (non-hydrogen) atoms. The van der Waals surface area contributed by atoms with Crippen LogP contribution in [0.4, 0.5) is 0 Å². The van der Waals surface area contributed by atoms with Crippen molar-refractivity contribution in [2.75, 3.05) is 6.54 Å². The third-order valence-corrected chi connectivity index (χ3v) is 2.20. The molecule has 1 saturated heterocycles. The van der Waals surface area contributed by atoms with Crippen LogP contribution in [0.25, 0.3) is 0 Å². The monoisotopic (exact) mass is 169 g/mol. The van der Waals surface area contributed by atoms with Gasteiger partial charge in [-0.2, -0.15) is 0 Å². The molecule has 3 nitrogen and oxygen atoms in total. The zero-order valence-electron chi connectivity index (χ0n) is 7.67. The lowest BCUT2D eigenvalue weighted by Gasteiger charge is -2.12. The normalized spacial score (nSPS) is 23.8. The minimum atomic E-state index is -0.0886. The molecular weight excluding hydrogens is 154 g/mol. The summed E-state index contributed by atoms with van der Waals surface area (Å²) >= 11 is 0. The van der Waals surface area contributed by atoms with Gasteiger partial charge in [0.25, 0.3) is 0 Å². The summed E-state index contributed by atoms with van der Waals surface area (Å²) in [6.45, 7) is 4.47. The van der Waals surface area contributed by atoms with Gasteiger partial charge in [-0.05, 0) is 6.42 Å². The lowest BCUT2D eigenvalue weighted by atomic mass is 10.1. The topological polar surface area (TPSA) is 37.4 Å². The second kappa shape index (κ2) is 3.70. The number of carbonyl (C=O) groups excluding carboxylic acids is 2. The van der Waals surface area contributed by atoms with Gasteiger partial charge in [-0.25, -0.2) is 0 Å². The fourth-order valence-corrected chi connectivity index (χ4v) is 1.40. The maximum atomic E-state index is 11.3. The Morgan fingerprint density at radius 1 is 1.50 bits per heavy atom. The summed E-state index contributed by atoms with van der Waals surface area (Å²) in [6.07, 6.45) is 2.35. The Morgan fingerprint density at radius 3 is 2.58 bits per heavy atom. The SMILES string of the molecule is CCCCN1C(=O)CC(C)C1=O. The molecule has 0 aromatic heterocycles. The summed E-state index contributed by atoms with van der Waals surface area (Å²) in [5.74, 6) is -0.0799. The molecule has 68 valence electrons. The highest BCUT2D eigenvalue weighted by Crippen LogP contribution is 2.18. The number of unbranched alkanes of at least 4 members (excludes halogenated alkanes) is 1. The molecule has 0 spiro atoms. The Kier molecular flexibility index (Phi) is 2.84. The highest BCUT2D eigenvalue weighted by molar-refractivity contribution is 6.03. The molecule has 2 amide bonds. The van der Waals surface area contributed by atoms with Gasteiger partial charge in [-0.3, -0.25) is 14.5 Å². The third-order valence-electron chi connectivity index (χ3n) is 2.20. The Bertz CT molecular complexity index is 201. The molecule has 0 saturated carbocycles. The summed E-state index contributed by atoms with van der Waals surface area (Å²) < 4.78 is 0. The number of nitrogens with zero attached hydrogens (tertiary/aromatic N) is 1. The van der Waals surface area contributed by atoms with Gasteiger partial charge in [0.2, 0.25) is 11.8 Å². The van der Waals surface area contributed by atoms with Gasteiger partial charge < -0.3 is 0 Å². The molecule has 0 N–H and O–H groups in total. The van der Waals surface area contributed by atoms with Crippen LogP contribution in [0.15, 0.2) is 0 Å². The number of amides is 2. The molecule has 1 aliphatic rings. The predicted octanol–water partition coefficient (Wildman–Crippen LogP) is 1.18. The lowest BCUT2D eigenvalue weighted by molar-refractivity contribution is -0.139. The zero-order chi connectivity index (χ0) is 9.14. The molecular formula is C9H15NO2. The van der Waals surface area contributed by atoms with Crippen molar-refractivity contribution in [3.05, 3.63) is 0 Å². The van der Waals surface area contributed by atoms with Gasteiger partial charge >= 0.3 is 0 Å². The zero-order valence-corrected chi connectivity index (χ0v) is 7.67. The largest absolute Gasteiger partial charge is 0.282 e. The molecule has 0 radical (unpaired) electrons. The van der Waals surface area contributed by atoms with E-state index in [0.717, 1.165) is 12.8 Å². The maximum absolute atomic E-state index is 11.3. The van der Waals surface area contributed by atoms with Gasteiger partial charge in [0, 0.05) is 18.9 Å². The van der Waals surface area contributed by atoms with E-state index in [0.29, 0.717) is 13.0 Å². The van der Waals surface area contributed by atoms with E-state index in [1.165, 1.54) is 4.90 Å². The molecule has 0 aliphatic carbocycles. The van der Waals surface area contributed by atoms with Crippen molar-refractivity contribution in [2.45, 2.75) is 33.1 Å². The van der Waals surface area contributed by atoms with Crippen LogP contribution in [0.5, 0.6) is 0 Å². The van der Waals surface area contributed by atoms with E-state index in [-0.39, 0.29) is 17.7 Å². The molecule has 1 unspecified atom stereocenters. The molecule has 3 heteroatoms. The number of hydrogen-bond donors (Lipinski definition) is 0. The van der Waals surface area contributed by atoms with Crippen molar-refractivity contribution in [3.8, 4) is 0 Å². The summed E-state index contributed by atoms with van der Waals surface area (Å²) in [7, 11) is 0. The fourth-order valence-electron chi connectivity index (χ4n) is 1.40. The van der Waals surface area contributed by atoms with Crippen LogP contribution >= 0.6 is 0 Å². The summed E-state index contributed by atoms with van der Waals surface area (Å²) in [5, 5.41) is 0. The van der Waals surface area contributed by atoms with E-state index in [9.17, 15) is 9.59 Å². The Balaban J connectivity index is 2.52. The first-order valence-corrected chi connectivity index (χ1v) is 4.51. The average Bonchev–Trinajstić information content (AvgIpc) is 2.25. The van der Waals surface area contributed by atoms with E-state index in [2.05, 4.69) is 6.92 Å². The van der Waals surface area contributed by atoms with Crippen molar-refractivity contribution in [1.82, 2.24) is 4.90 Å². The van der Waals surface area contributed by atoms with Crippen molar-refractivity contribution < 1.29 is 9.59 Å². The van der Waals surface area contributed by atoms with E-state index >= 15 is 0 Å². The van der Waals surface area contributed by atoms with Gasteiger partial charge in [0.05, 0.1) is 0 Å². The van der Waals surface area contributed by atoms with E-state index in [4.69, 9.17) is 0 Å². The van der Waals surface area contributed by atoms with Crippen molar-refractivity contribution in [3.63, 3.8) is 0 Å². The number of imide groups is 1. The summed E-state index contributed by atoms with van der Waals surface area (Å²) in [5.41, 5.74) is 0. The fraction of sp³-hybridized carbons (Fsp3) is 0.778. The number of carbonyl (C=O) groups is 2. The van der Waals surface area contributed by atoms with Gasteiger partial charge in [-0.15, -0.1) is 0 Å². The molecule has 0 bridgehead atoms. The third kappa shape index (κ3) is 1.65. The minimum absolute atomic E-state index is 0.000880. The second-order valence-corrected chi connectivity index (χ2v) is 3.34. The van der Waals surface area contributed by atoms with Crippen LogP contribution in [0.3, 0.4) is 0 Å². The second-order valence-electron chi connectivity index (χ2n) is 3.34. The van der Waals surface area contributed by atoms with Crippen LogP contribution in [-0.2, 0) is 9.59 Å². The first-order chi connectivity index (χ1) is 5.66. The van der Waals surface area contributed by atoms with Crippen molar-refractivity contribution in [2.24, 2.45) is 5.92 Å². The number of likely N-dealkylation sites (tertiary alicyclic amines) is 1. The molecule has 1 atom stereocenters. The standard InChI is InChI=1S/C9H15NO2/c1-3-4-5-10-8(11)6-7(2)9(10)12/h7H,3-6H2,1-2H3. The molecule has 1 fully saturated rings. The predicted molar refractivity (Wildman–Crippen MR) is 45.4 cm³/mol. The van der Waals surface area contributed by atoms with Gasteiger partial charge in [-0.1, -0.05) is 20.3 Å². The molecule has 1 aliphatic heterocycles. The first kappa shape index (κ1) is 9.23.